The monoisotopic (exact) mass is 338 g/mol. The molecular formula is C19H18N2O2S. The van der Waals surface area contributed by atoms with E-state index in [1.807, 2.05) is 41.3 Å². The van der Waals surface area contributed by atoms with Gasteiger partial charge in [-0.05, 0) is 48.6 Å². The number of thiophene rings is 1. The number of nitrogens with zero attached hydrogens (tertiary/aromatic N) is 2. The lowest BCUT2D eigenvalue weighted by Gasteiger charge is -2.23. The van der Waals surface area contributed by atoms with Gasteiger partial charge in [-0.3, -0.25) is 4.79 Å². The Morgan fingerprint density at radius 1 is 1.29 bits per heavy atom. The average Bonchev–Trinajstić information content (AvgIpc) is 3.31. The van der Waals surface area contributed by atoms with Gasteiger partial charge in [0.25, 0.3) is 5.91 Å². The molecule has 5 heteroatoms. The van der Waals surface area contributed by atoms with Crippen molar-refractivity contribution < 1.29 is 9.53 Å². The van der Waals surface area contributed by atoms with Crippen molar-refractivity contribution in [2.24, 2.45) is 0 Å². The fourth-order valence-electron chi connectivity index (χ4n) is 3.28. The zero-order chi connectivity index (χ0) is 16.5. The minimum absolute atomic E-state index is 0.0172. The number of benzene rings is 1. The van der Waals surface area contributed by atoms with Crippen molar-refractivity contribution in [3.8, 4) is 5.75 Å². The minimum atomic E-state index is 0.0172. The number of likely N-dealkylation sites (tertiary alicyclic amines) is 1. The van der Waals surface area contributed by atoms with Gasteiger partial charge < -0.3 is 9.64 Å². The van der Waals surface area contributed by atoms with Crippen molar-refractivity contribution in [1.82, 2.24) is 9.88 Å². The fourth-order valence-corrected chi connectivity index (χ4v) is 4.16. The lowest BCUT2D eigenvalue weighted by molar-refractivity contribution is 0.0732. The van der Waals surface area contributed by atoms with Gasteiger partial charge in [0.05, 0.1) is 18.7 Å². The van der Waals surface area contributed by atoms with E-state index in [1.165, 1.54) is 4.88 Å². The SMILES string of the molecule is COc1ccc2nc(C(=O)N3CCCC3c3cccs3)ccc2c1. The highest BCUT2D eigenvalue weighted by Crippen LogP contribution is 2.35. The van der Waals surface area contributed by atoms with Crippen molar-refractivity contribution in [3.05, 3.63) is 58.4 Å². The van der Waals surface area contributed by atoms with Crippen LogP contribution in [0.3, 0.4) is 0 Å². The first-order chi connectivity index (χ1) is 11.8. The zero-order valence-corrected chi connectivity index (χ0v) is 14.3. The first-order valence-corrected chi connectivity index (χ1v) is 8.93. The maximum absolute atomic E-state index is 13.0. The van der Waals surface area contributed by atoms with Gasteiger partial charge in [-0.15, -0.1) is 11.3 Å². The Morgan fingerprint density at radius 3 is 3.00 bits per heavy atom. The van der Waals surface area contributed by atoms with Crippen molar-refractivity contribution in [2.45, 2.75) is 18.9 Å². The van der Waals surface area contributed by atoms with Crippen molar-refractivity contribution in [3.63, 3.8) is 0 Å². The van der Waals surface area contributed by atoms with Gasteiger partial charge in [-0.1, -0.05) is 12.1 Å². The molecule has 1 aliphatic heterocycles. The summed E-state index contributed by atoms with van der Waals surface area (Å²) in [6, 6.07) is 13.8. The molecule has 4 rings (SSSR count). The number of carbonyl (C=O) groups excluding carboxylic acids is 1. The van der Waals surface area contributed by atoms with E-state index in [9.17, 15) is 4.79 Å². The lowest BCUT2D eigenvalue weighted by atomic mass is 10.1. The predicted molar refractivity (Wildman–Crippen MR) is 95.6 cm³/mol. The zero-order valence-electron chi connectivity index (χ0n) is 13.4. The predicted octanol–water partition coefficient (Wildman–Crippen LogP) is 4.28. The number of aromatic nitrogens is 1. The third kappa shape index (κ3) is 2.65. The lowest BCUT2D eigenvalue weighted by Crippen LogP contribution is -2.30. The molecule has 0 bridgehead atoms. The molecule has 122 valence electrons. The quantitative estimate of drug-likeness (QED) is 0.716. The maximum Gasteiger partial charge on any atom is 0.273 e. The van der Waals surface area contributed by atoms with E-state index in [2.05, 4.69) is 16.4 Å². The van der Waals surface area contributed by atoms with Crippen LogP contribution in [0.4, 0.5) is 0 Å². The van der Waals surface area contributed by atoms with Gasteiger partial charge in [0.2, 0.25) is 0 Å². The summed E-state index contributed by atoms with van der Waals surface area (Å²) in [5.41, 5.74) is 1.32. The number of hydrogen-bond donors (Lipinski definition) is 0. The Morgan fingerprint density at radius 2 is 2.21 bits per heavy atom. The van der Waals surface area contributed by atoms with Gasteiger partial charge in [-0.25, -0.2) is 4.98 Å². The summed E-state index contributed by atoms with van der Waals surface area (Å²) in [4.78, 5) is 20.7. The summed E-state index contributed by atoms with van der Waals surface area (Å²) in [7, 11) is 1.64. The van der Waals surface area contributed by atoms with Crippen LogP contribution in [0.1, 0.15) is 34.2 Å². The fraction of sp³-hybridized carbons (Fsp3) is 0.263. The molecule has 3 heterocycles. The van der Waals surface area contributed by atoms with Gasteiger partial charge >= 0.3 is 0 Å². The molecule has 2 aromatic heterocycles. The smallest absolute Gasteiger partial charge is 0.273 e. The molecule has 1 aromatic carbocycles. The van der Waals surface area contributed by atoms with Crippen LogP contribution >= 0.6 is 11.3 Å². The Hall–Kier alpha value is -2.40. The van der Waals surface area contributed by atoms with E-state index in [-0.39, 0.29) is 11.9 Å². The standard InChI is InChI=1S/C19H18N2O2S/c1-23-14-7-9-15-13(12-14)6-8-16(20-15)19(22)21-10-2-4-17(21)18-5-3-11-24-18/h3,5-9,11-12,17H,2,4,10H2,1H3. The van der Waals surface area contributed by atoms with Crippen LogP contribution in [-0.4, -0.2) is 29.4 Å². The molecule has 0 saturated carbocycles. The number of carbonyl (C=O) groups is 1. The molecule has 3 aromatic rings. The van der Waals surface area contributed by atoms with Gasteiger partial charge in [-0.2, -0.15) is 0 Å². The maximum atomic E-state index is 13.0. The Bertz CT molecular complexity index is 876. The molecule has 0 spiro atoms. The highest BCUT2D eigenvalue weighted by molar-refractivity contribution is 7.10. The summed E-state index contributed by atoms with van der Waals surface area (Å²) in [6.07, 6.45) is 2.07. The van der Waals surface area contributed by atoms with Crippen molar-refractivity contribution in [1.29, 1.82) is 0 Å². The van der Waals surface area contributed by atoms with Gasteiger partial charge in [0.15, 0.2) is 0 Å². The van der Waals surface area contributed by atoms with E-state index in [1.54, 1.807) is 18.4 Å². The molecule has 0 N–H and O–H groups in total. The minimum Gasteiger partial charge on any atom is -0.497 e. The third-order valence-electron chi connectivity index (χ3n) is 4.50. The summed E-state index contributed by atoms with van der Waals surface area (Å²) >= 11 is 1.71. The molecule has 1 amide bonds. The van der Waals surface area contributed by atoms with Crippen LogP contribution in [0.2, 0.25) is 0 Å². The highest BCUT2D eigenvalue weighted by atomic mass is 32.1. The van der Waals surface area contributed by atoms with Gasteiger partial charge in [0, 0.05) is 16.8 Å². The number of pyridine rings is 1. The molecule has 1 aliphatic rings. The second-order valence-electron chi connectivity index (χ2n) is 5.93. The summed E-state index contributed by atoms with van der Waals surface area (Å²) in [5, 5.41) is 3.04. The van der Waals surface area contributed by atoms with E-state index in [0.29, 0.717) is 5.69 Å². The van der Waals surface area contributed by atoms with Gasteiger partial charge in [0.1, 0.15) is 11.4 Å². The van der Waals surface area contributed by atoms with E-state index < -0.39 is 0 Å². The molecular weight excluding hydrogens is 320 g/mol. The van der Waals surface area contributed by atoms with Crippen molar-refractivity contribution in [2.75, 3.05) is 13.7 Å². The second kappa shape index (κ2) is 6.24. The van der Waals surface area contributed by atoms with E-state index >= 15 is 0 Å². The van der Waals surface area contributed by atoms with Crippen LogP contribution in [0, 0.1) is 0 Å². The Kier molecular flexibility index (Phi) is 3.94. The third-order valence-corrected chi connectivity index (χ3v) is 5.47. The summed E-state index contributed by atoms with van der Waals surface area (Å²) < 4.78 is 5.23. The van der Waals surface area contributed by atoms with E-state index in [4.69, 9.17) is 4.74 Å². The largest absolute Gasteiger partial charge is 0.497 e. The first-order valence-electron chi connectivity index (χ1n) is 8.05. The van der Waals surface area contributed by atoms with Crippen LogP contribution in [-0.2, 0) is 0 Å². The number of rotatable bonds is 3. The van der Waals surface area contributed by atoms with Crippen molar-refractivity contribution >= 4 is 28.1 Å². The number of amides is 1. The summed E-state index contributed by atoms with van der Waals surface area (Å²) in [6.45, 7) is 0.795. The topological polar surface area (TPSA) is 42.4 Å². The van der Waals surface area contributed by atoms with Crippen LogP contribution in [0.25, 0.3) is 10.9 Å². The molecule has 24 heavy (non-hydrogen) atoms. The van der Waals surface area contributed by atoms with E-state index in [0.717, 1.165) is 36.0 Å². The number of methoxy groups -OCH3 is 1. The molecule has 0 aliphatic carbocycles. The normalized spacial score (nSPS) is 17.4. The van der Waals surface area contributed by atoms with Crippen LogP contribution in [0.5, 0.6) is 5.75 Å². The highest BCUT2D eigenvalue weighted by Gasteiger charge is 2.31. The second-order valence-corrected chi connectivity index (χ2v) is 6.91. The molecule has 1 saturated heterocycles. The molecule has 0 radical (unpaired) electrons. The average molecular weight is 338 g/mol. The molecule has 1 unspecified atom stereocenters. The first kappa shape index (κ1) is 15.1. The van der Waals surface area contributed by atoms with Crippen LogP contribution < -0.4 is 4.74 Å². The Balaban J connectivity index is 1.65. The summed E-state index contributed by atoms with van der Waals surface area (Å²) in [5.74, 6) is 0.810. The molecule has 1 fully saturated rings. The molecule has 4 nitrogen and oxygen atoms in total. The Labute approximate surface area is 144 Å². The number of ether oxygens (including phenoxy) is 1. The number of hydrogen-bond acceptors (Lipinski definition) is 4. The number of fused-ring (bicyclic) bond motifs is 1. The van der Waals surface area contributed by atoms with Crippen LogP contribution in [0.15, 0.2) is 47.8 Å². The molecule has 1 atom stereocenters.